The smallest absolute Gasteiger partial charge is 0.228 e. The van der Waals surface area contributed by atoms with Crippen LogP contribution in [0.15, 0.2) is 24.5 Å². The van der Waals surface area contributed by atoms with E-state index < -0.39 is 0 Å². The van der Waals surface area contributed by atoms with Crippen molar-refractivity contribution in [3.05, 3.63) is 30.1 Å². The van der Waals surface area contributed by atoms with Gasteiger partial charge in [-0.05, 0) is 44.9 Å². The van der Waals surface area contributed by atoms with Crippen LogP contribution in [0.5, 0.6) is 0 Å². The van der Waals surface area contributed by atoms with Crippen molar-refractivity contribution >= 4 is 24.1 Å². The van der Waals surface area contributed by atoms with E-state index in [4.69, 9.17) is 0 Å². The van der Waals surface area contributed by atoms with Crippen LogP contribution in [-0.4, -0.2) is 33.7 Å². The zero-order valence-corrected chi connectivity index (χ0v) is 14.8. The molecule has 3 rings (SSSR count). The number of aromatic nitrogens is 3. The van der Waals surface area contributed by atoms with Gasteiger partial charge in [0.15, 0.2) is 5.82 Å². The Morgan fingerprint density at radius 2 is 2.12 bits per heavy atom. The Balaban J connectivity index is 0.00000208. The Bertz CT molecular complexity index is 673. The lowest BCUT2D eigenvalue weighted by atomic mass is 9.92. The molecule has 1 saturated heterocycles. The molecule has 2 aromatic rings. The third-order valence-corrected chi connectivity index (χ3v) is 4.43. The highest BCUT2D eigenvalue weighted by Crippen LogP contribution is 2.27. The standard InChI is InChI=1S/C17H23N5O.ClH/c1-3-14-15(12-4-7-18-8-5-12)21-22-16(14)20-17(23)13-6-9-19-11(2)10-13;/h4-5,7-8,11,13,19H,3,6,9-10H2,1-2H3,(H2,20,21,22,23);1H/t11-,13-;/m0./s1. The fourth-order valence-corrected chi connectivity index (χ4v) is 3.16. The van der Waals surface area contributed by atoms with Gasteiger partial charge in [-0.1, -0.05) is 6.92 Å². The third kappa shape index (κ3) is 3.94. The van der Waals surface area contributed by atoms with Gasteiger partial charge in [-0.3, -0.25) is 14.9 Å². The van der Waals surface area contributed by atoms with Gasteiger partial charge in [-0.15, -0.1) is 12.4 Å². The fraction of sp³-hybridized carbons (Fsp3) is 0.471. The van der Waals surface area contributed by atoms with E-state index in [1.807, 2.05) is 12.1 Å². The van der Waals surface area contributed by atoms with Crippen molar-refractivity contribution in [2.24, 2.45) is 5.92 Å². The van der Waals surface area contributed by atoms with Crippen molar-refractivity contribution < 1.29 is 4.79 Å². The minimum atomic E-state index is 0. The molecule has 7 heteroatoms. The summed E-state index contributed by atoms with van der Waals surface area (Å²) in [6.07, 6.45) is 6.05. The number of anilines is 1. The Hall–Kier alpha value is -1.92. The summed E-state index contributed by atoms with van der Waals surface area (Å²) in [5.74, 6) is 0.772. The average molecular weight is 350 g/mol. The van der Waals surface area contributed by atoms with Crippen molar-refractivity contribution in [1.29, 1.82) is 0 Å². The number of piperidine rings is 1. The van der Waals surface area contributed by atoms with Crippen molar-refractivity contribution in [2.45, 2.75) is 39.2 Å². The van der Waals surface area contributed by atoms with Crippen LogP contribution in [0.1, 0.15) is 32.3 Å². The number of hydrogen-bond donors (Lipinski definition) is 3. The largest absolute Gasteiger partial charge is 0.314 e. The summed E-state index contributed by atoms with van der Waals surface area (Å²) in [5, 5.41) is 13.8. The Labute approximate surface area is 148 Å². The molecular weight excluding hydrogens is 326 g/mol. The van der Waals surface area contributed by atoms with Gasteiger partial charge < -0.3 is 10.6 Å². The first-order valence-corrected chi connectivity index (χ1v) is 8.21. The van der Waals surface area contributed by atoms with Gasteiger partial charge in [0.1, 0.15) is 0 Å². The lowest BCUT2D eigenvalue weighted by Crippen LogP contribution is -2.40. The molecule has 0 saturated carbocycles. The van der Waals surface area contributed by atoms with Crippen LogP contribution in [0.2, 0.25) is 0 Å². The van der Waals surface area contributed by atoms with E-state index in [1.165, 1.54) is 0 Å². The Morgan fingerprint density at radius 3 is 2.79 bits per heavy atom. The van der Waals surface area contributed by atoms with Crippen LogP contribution in [0, 0.1) is 5.92 Å². The molecule has 1 aliphatic heterocycles. The zero-order valence-electron chi connectivity index (χ0n) is 14.0. The van der Waals surface area contributed by atoms with Crippen molar-refractivity contribution in [3.63, 3.8) is 0 Å². The van der Waals surface area contributed by atoms with E-state index in [9.17, 15) is 4.79 Å². The number of H-pyrrole nitrogens is 1. The minimum absolute atomic E-state index is 0. The number of aromatic amines is 1. The SMILES string of the molecule is CCc1c(NC(=O)[C@H]2CCN[C@@H](C)C2)n[nH]c1-c1ccncc1.Cl. The van der Waals surface area contributed by atoms with Crippen LogP contribution in [0.25, 0.3) is 11.3 Å². The monoisotopic (exact) mass is 349 g/mol. The van der Waals surface area contributed by atoms with Gasteiger partial charge >= 0.3 is 0 Å². The number of pyridine rings is 1. The number of carbonyl (C=O) groups excluding carboxylic acids is 1. The molecule has 1 aliphatic rings. The number of hydrogen-bond acceptors (Lipinski definition) is 4. The van der Waals surface area contributed by atoms with E-state index in [1.54, 1.807) is 12.4 Å². The van der Waals surface area contributed by atoms with Crippen molar-refractivity contribution in [1.82, 2.24) is 20.5 Å². The lowest BCUT2D eigenvalue weighted by molar-refractivity contribution is -0.120. The Kier molecular flexibility index (Phi) is 6.34. The number of nitrogens with zero attached hydrogens (tertiary/aromatic N) is 2. The summed E-state index contributed by atoms with van der Waals surface area (Å²) in [5.41, 5.74) is 3.01. The molecule has 2 aromatic heterocycles. The average Bonchev–Trinajstić information content (AvgIpc) is 2.98. The number of nitrogens with one attached hydrogen (secondary N) is 3. The van der Waals surface area contributed by atoms with Crippen LogP contribution in [0.3, 0.4) is 0 Å². The van der Waals surface area contributed by atoms with Crippen LogP contribution >= 0.6 is 12.4 Å². The van der Waals surface area contributed by atoms with Gasteiger partial charge in [-0.25, -0.2) is 0 Å². The molecule has 1 amide bonds. The molecule has 1 fully saturated rings. The highest BCUT2D eigenvalue weighted by atomic mass is 35.5. The number of rotatable bonds is 4. The molecule has 0 aliphatic carbocycles. The zero-order chi connectivity index (χ0) is 16.2. The second-order valence-corrected chi connectivity index (χ2v) is 6.08. The summed E-state index contributed by atoms with van der Waals surface area (Å²) in [7, 11) is 0. The molecule has 0 spiro atoms. The third-order valence-electron chi connectivity index (χ3n) is 4.43. The maximum absolute atomic E-state index is 12.5. The minimum Gasteiger partial charge on any atom is -0.314 e. The highest BCUT2D eigenvalue weighted by molar-refractivity contribution is 5.93. The second-order valence-electron chi connectivity index (χ2n) is 6.08. The molecule has 0 unspecified atom stereocenters. The number of carbonyl (C=O) groups is 1. The van der Waals surface area contributed by atoms with Gasteiger partial charge in [0.25, 0.3) is 0 Å². The summed E-state index contributed by atoms with van der Waals surface area (Å²) in [6.45, 7) is 5.08. The van der Waals surface area contributed by atoms with Crippen molar-refractivity contribution in [2.75, 3.05) is 11.9 Å². The van der Waals surface area contributed by atoms with E-state index >= 15 is 0 Å². The highest BCUT2D eigenvalue weighted by Gasteiger charge is 2.26. The van der Waals surface area contributed by atoms with Gasteiger partial charge in [0, 0.05) is 35.5 Å². The molecule has 24 heavy (non-hydrogen) atoms. The summed E-state index contributed by atoms with van der Waals surface area (Å²) in [4.78, 5) is 16.6. The Morgan fingerprint density at radius 1 is 1.38 bits per heavy atom. The second kappa shape index (κ2) is 8.26. The van der Waals surface area contributed by atoms with E-state index in [2.05, 4.69) is 39.7 Å². The summed E-state index contributed by atoms with van der Waals surface area (Å²) < 4.78 is 0. The van der Waals surface area contributed by atoms with E-state index in [0.717, 1.165) is 42.6 Å². The molecule has 2 atom stereocenters. The first kappa shape index (κ1) is 18.4. The van der Waals surface area contributed by atoms with Crippen LogP contribution in [0.4, 0.5) is 5.82 Å². The van der Waals surface area contributed by atoms with Crippen molar-refractivity contribution in [3.8, 4) is 11.3 Å². The molecule has 3 heterocycles. The van der Waals surface area contributed by atoms with Gasteiger partial charge in [0.2, 0.25) is 5.91 Å². The van der Waals surface area contributed by atoms with E-state index in [0.29, 0.717) is 11.9 Å². The fourth-order valence-electron chi connectivity index (χ4n) is 3.16. The van der Waals surface area contributed by atoms with E-state index in [-0.39, 0.29) is 24.2 Å². The quantitative estimate of drug-likeness (QED) is 0.792. The van der Waals surface area contributed by atoms with Gasteiger partial charge in [-0.2, -0.15) is 5.10 Å². The number of halogens is 1. The molecule has 3 N–H and O–H groups in total. The topological polar surface area (TPSA) is 82.7 Å². The molecule has 0 aromatic carbocycles. The molecule has 0 radical (unpaired) electrons. The number of amides is 1. The maximum Gasteiger partial charge on any atom is 0.228 e. The first-order chi connectivity index (χ1) is 11.2. The predicted molar refractivity (Wildman–Crippen MR) is 97.3 cm³/mol. The molecule has 6 nitrogen and oxygen atoms in total. The van der Waals surface area contributed by atoms with Crippen LogP contribution in [-0.2, 0) is 11.2 Å². The first-order valence-electron chi connectivity index (χ1n) is 8.21. The maximum atomic E-state index is 12.5. The van der Waals surface area contributed by atoms with Gasteiger partial charge in [0.05, 0.1) is 5.69 Å². The van der Waals surface area contributed by atoms with Crippen LogP contribution < -0.4 is 10.6 Å². The summed E-state index contributed by atoms with van der Waals surface area (Å²) in [6, 6.07) is 4.26. The predicted octanol–water partition coefficient (Wildman–Crippen LogP) is 2.78. The molecular formula is C17H24ClN5O. The normalized spacial score (nSPS) is 20.2. The summed E-state index contributed by atoms with van der Waals surface area (Å²) >= 11 is 0. The molecule has 130 valence electrons. The lowest BCUT2D eigenvalue weighted by Gasteiger charge is -2.26. The molecule has 0 bridgehead atoms.